The lowest BCUT2D eigenvalue weighted by Crippen LogP contribution is -2.40. The van der Waals surface area contributed by atoms with Crippen LogP contribution < -0.4 is 5.32 Å². The van der Waals surface area contributed by atoms with Crippen molar-refractivity contribution in [1.82, 2.24) is 15.2 Å². The molecule has 7 heteroatoms. The summed E-state index contributed by atoms with van der Waals surface area (Å²) in [7, 11) is 1.67. The first kappa shape index (κ1) is 15.4. The third kappa shape index (κ3) is 5.69. The van der Waals surface area contributed by atoms with Gasteiger partial charge in [-0.3, -0.25) is 14.7 Å². The summed E-state index contributed by atoms with van der Waals surface area (Å²) in [6.07, 6.45) is -1.09. The molecular weight excluding hydrogens is 259 g/mol. The van der Waals surface area contributed by atoms with Gasteiger partial charge < -0.3 is 5.32 Å². The third-order valence-electron chi connectivity index (χ3n) is 2.71. The van der Waals surface area contributed by atoms with Crippen LogP contribution in [0.1, 0.15) is 18.5 Å². The van der Waals surface area contributed by atoms with Crippen LogP contribution >= 0.6 is 0 Å². The van der Waals surface area contributed by atoms with Crippen molar-refractivity contribution in [2.24, 2.45) is 0 Å². The predicted octanol–water partition coefficient (Wildman–Crippen LogP) is 1.75. The molecule has 106 valence electrons. The second-order valence-electron chi connectivity index (χ2n) is 4.27. The fraction of sp³-hybridized carbons (Fsp3) is 0.500. The number of pyridine rings is 1. The van der Waals surface area contributed by atoms with Gasteiger partial charge in [0.05, 0.1) is 6.54 Å². The molecule has 0 saturated heterocycles. The van der Waals surface area contributed by atoms with Crippen molar-refractivity contribution < 1.29 is 18.0 Å². The lowest BCUT2D eigenvalue weighted by molar-refractivity contribution is -0.139. The first-order valence-electron chi connectivity index (χ1n) is 5.73. The number of hydrogen-bond acceptors (Lipinski definition) is 3. The van der Waals surface area contributed by atoms with Crippen LogP contribution in [0.25, 0.3) is 0 Å². The molecule has 0 unspecified atom stereocenters. The Labute approximate surface area is 109 Å². The number of nitrogens with one attached hydrogen (secondary N) is 1. The Kier molecular flexibility index (Phi) is 5.29. The molecule has 0 fully saturated rings. The maximum Gasteiger partial charge on any atom is 0.405 e. The lowest BCUT2D eigenvalue weighted by atomic mass is 10.1. The monoisotopic (exact) mass is 275 g/mol. The molecule has 0 bridgehead atoms. The van der Waals surface area contributed by atoms with Gasteiger partial charge in [0.2, 0.25) is 5.91 Å². The molecule has 19 heavy (non-hydrogen) atoms. The highest BCUT2D eigenvalue weighted by molar-refractivity contribution is 5.78. The van der Waals surface area contributed by atoms with E-state index < -0.39 is 18.6 Å². The molecular formula is C12H16F3N3O. The Balaban J connectivity index is 2.46. The van der Waals surface area contributed by atoms with Crippen molar-refractivity contribution >= 4 is 5.91 Å². The second-order valence-corrected chi connectivity index (χ2v) is 4.27. The van der Waals surface area contributed by atoms with Crippen LogP contribution in [-0.2, 0) is 4.79 Å². The molecule has 1 atom stereocenters. The number of alkyl halides is 3. The quantitative estimate of drug-likeness (QED) is 0.890. The fourth-order valence-corrected chi connectivity index (χ4v) is 1.50. The largest absolute Gasteiger partial charge is 0.405 e. The minimum Gasteiger partial charge on any atom is -0.346 e. The minimum absolute atomic E-state index is 0.105. The van der Waals surface area contributed by atoms with Gasteiger partial charge in [-0.15, -0.1) is 0 Å². The van der Waals surface area contributed by atoms with E-state index >= 15 is 0 Å². The molecule has 0 aromatic carbocycles. The van der Waals surface area contributed by atoms with Crippen molar-refractivity contribution in [2.75, 3.05) is 20.1 Å². The Morgan fingerprint density at radius 1 is 1.53 bits per heavy atom. The average molecular weight is 275 g/mol. The van der Waals surface area contributed by atoms with E-state index in [4.69, 9.17) is 0 Å². The van der Waals surface area contributed by atoms with E-state index in [9.17, 15) is 18.0 Å². The second kappa shape index (κ2) is 6.51. The van der Waals surface area contributed by atoms with Crippen LogP contribution in [-0.4, -0.2) is 42.1 Å². The van der Waals surface area contributed by atoms with Gasteiger partial charge in [0.15, 0.2) is 0 Å². The molecule has 1 heterocycles. The number of rotatable bonds is 5. The summed E-state index contributed by atoms with van der Waals surface area (Å²) in [5, 5.41) is 1.84. The van der Waals surface area contributed by atoms with Crippen molar-refractivity contribution in [1.29, 1.82) is 0 Å². The Morgan fingerprint density at radius 3 is 2.74 bits per heavy atom. The van der Waals surface area contributed by atoms with Crippen molar-refractivity contribution in [2.45, 2.75) is 19.1 Å². The molecule has 0 aliphatic heterocycles. The molecule has 0 aliphatic carbocycles. The van der Waals surface area contributed by atoms with Crippen LogP contribution in [0.4, 0.5) is 13.2 Å². The van der Waals surface area contributed by atoms with Crippen LogP contribution in [0.2, 0.25) is 0 Å². The van der Waals surface area contributed by atoms with Crippen molar-refractivity contribution in [3.63, 3.8) is 0 Å². The van der Waals surface area contributed by atoms with E-state index in [-0.39, 0.29) is 12.6 Å². The van der Waals surface area contributed by atoms with Gasteiger partial charge in [0, 0.05) is 18.4 Å². The van der Waals surface area contributed by atoms with Gasteiger partial charge in [-0.1, -0.05) is 6.07 Å². The van der Waals surface area contributed by atoms with E-state index in [0.29, 0.717) is 0 Å². The molecule has 1 rings (SSSR count). The standard InChI is InChI=1S/C12H16F3N3O/c1-9(10-4-3-5-16-6-10)18(2)7-11(19)17-8-12(13,14)15/h3-6,9H,7-8H2,1-2H3,(H,17,19)/t9-/m1/s1. The number of aromatic nitrogens is 1. The fourth-order valence-electron chi connectivity index (χ4n) is 1.50. The molecule has 0 spiro atoms. The summed E-state index contributed by atoms with van der Waals surface area (Å²) in [5.41, 5.74) is 0.897. The van der Waals surface area contributed by atoms with E-state index in [0.717, 1.165) is 5.56 Å². The first-order chi connectivity index (χ1) is 8.79. The Bertz CT molecular complexity index is 408. The lowest BCUT2D eigenvalue weighted by Gasteiger charge is -2.24. The summed E-state index contributed by atoms with van der Waals surface area (Å²) >= 11 is 0. The zero-order valence-corrected chi connectivity index (χ0v) is 10.7. The number of amides is 1. The number of nitrogens with zero attached hydrogens (tertiary/aromatic N) is 2. The zero-order chi connectivity index (χ0) is 14.5. The molecule has 1 N–H and O–H groups in total. The van der Waals surface area contributed by atoms with Gasteiger partial charge in [-0.25, -0.2) is 0 Å². The van der Waals surface area contributed by atoms with Crippen LogP contribution in [0.5, 0.6) is 0 Å². The van der Waals surface area contributed by atoms with Gasteiger partial charge in [-0.2, -0.15) is 13.2 Å². The van der Waals surface area contributed by atoms with E-state index in [1.54, 1.807) is 30.4 Å². The highest BCUT2D eigenvalue weighted by atomic mass is 19.4. The van der Waals surface area contributed by atoms with Gasteiger partial charge >= 0.3 is 6.18 Å². The molecule has 0 radical (unpaired) electrons. The molecule has 1 aromatic rings. The molecule has 1 aromatic heterocycles. The Morgan fingerprint density at radius 2 is 2.21 bits per heavy atom. The van der Waals surface area contributed by atoms with E-state index in [2.05, 4.69) is 4.98 Å². The van der Waals surface area contributed by atoms with Gasteiger partial charge in [0.1, 0.15) is 6.54 Å². The predicted molar refractivity (Wildman–Crippen MR) is 64.3 cm³/mol. The number of carbonyl (C=O) groups is 1. The van der Waals surface area contributed by atoms with Gasteiger partial charge in [0.25, 0.3) is 0 Å². The smallest absolute Gasteiger partial charge is 0.346 e. The minimum atomic E-state index is -4.39. The number of hydrogen-bond donors (Lipinski definition) is 1. The third-order valence-corrected chi connectivity index (χ3v) is 2.71. The van der Waals surface area contributed by atoms with E-state index in [1.807, 2.05) is 18.3 Å². The SMILES string of the molecule is C[C@H](c1cccnc1)N(C)CC(=O)NCC(F)(F)F. The summed E-state index contributed by atoms with van der Waals surface area (Å²) in [6, 6.07) is 3.51. The molecule has 0 saturated carbocycles. The summed E-state index contributed by atoms with van der Waals surface area (Å²) < 4.78 is 35.8. The van der Waals surface area contributed by atoms with Crippen LogP contribution in [0, 0.1) is 0 Å². The highest BCUT2D eigenvalue weighted by Gasteiger charge is 2.28. The summed E-state index contributed by atoms with van der Waals surface area (Å²) in [5.74, 6) is -0.657. The van der Waals surface area contributed by atoms with E-state index in [1.165, 1.54) is 0 Å². The average Bonchev–Trinajstić information content (AvgIpc) is 2.35. The van der Waals surface area contributed by atoms with Crippen LogP contribution in [0.3, 0.4) is 0 Å². The summed E-state index contributed by atoms with van der Waals surface area (Å²) in [4.78, 5) is 17.0. The number of carbonyl (C=O) groups excluding carboxylic acids is 1. The zero-order valence-electron chi connectivity index (χ0n) is 10.7. The number of halogens is 3. The van der Waals surface area contributed by atoms with Crippen molar-refractivity contribution in [3.05, 3.63) is 30.1 Å². The molecule has 1 amide bonds. The maximum absolute atomic E-state index is 11.9. The normalized spacial score (nSPS) is 13.4. The molecule has 0 aliphatic rings. The highest BCUT2D eigenvalue weighted by Crippen LogP contribution is 2.17. The maximum atomic E-state index is 11.9. The first-order valence-corrected chi connectivity index (χ1v) is 5.73. The summed E-state index contributed by atoms with van der Waals surface area (Å²) in [6.45, 7) is 0.446. The topological polar surface area (TPSA) is 45.2 Å². The Hall–Kier alpha value is -1.63. The van der Waals surface area contributed by atoms with Crippen LogP contribution in [0.15, 0.2) is 24.5 Å². The van der Waals surface area contributed by atoms with Gasteiger partial charge in [-0.05, 0) is 25.6 Å². The molecule has 4 nitrogen and oxygen atoms in total. The number of likely N-dealkylation sites (N-methyl/N-ethyl adjacent to an activating group) is 1. The van der Waals surface area contributed by atoms with Crippen molar-refractivity contribution in [3.8, 4) is 0 Å².